The molecule has 0 fully saturated rings. The Balaban J connectivity index is 2.75. The third-order valence-electron chi connectivity index (χ3n) is 2.57. The van der Waals surface area contributed by atoms with Crippen molar-refractivity contribution in [1.82, 2.24) is 5.32 Å². The molecule has 0 saturated heterocycles. The van der Waals surface area contributed by atoms with Gasteiger partial charge in [-0.05, 0) is 38.8 Å². The van der Waals surface area contributed by atoms with Crippen LogP contribution in [0, 0.1) is 5.82 Å². The number of alkyl carbamates (subject to hydrolysis) is 1. The number of carbonyl (C=O) groups excluding carboxylic acids is 1. The van der Waals surface area contributed by atoms with Crippen LogP contribution in [0.5, 0.6) is 0 Å². The first-order valence-corrected chi connectivity index (χ1v) is 6.62. The number of amides is 1. The van der Waals surface area contributed by atoms with Crippen molar-refractivity contribution in [2.24, 2.45) is 0 Å². The molecule has 1 amide bonds. The fourth-order valence-corrected chi connectivity index (χ4v) is 1.79. The van der Waals surface area contributed by atoms with Gasteiger partial charge >= 0.3 is 12.1 Å². The summed E-state index contributed by atoms with van der Waals surface area (Å²) in [4.78, 5) is 22.6. The van der Waals surface area contributed by atoms with Gasteiger partial charge in [-0.1, -0.05) is 18.2 Å². The summed E-state index contributed by atoms with van der Waals surface area (Å²) >= 11 is 0. The Morgan fingerprint density at radius 2 is 1.95 bits per heavy atom. The van der Waals surface area contributed by atoms with Crippen molar-refractivity contribution in [2.75, 3.05) is 0 Å². The first-order valence-electron chi connectivity index (χ1n) is 6.62. The molecule has 0 aliphatic carbocycles. The molecule has 0 aliphatic rings. The van der Waals surface area contributed by atoms with E-state index >= 15 is 0 Å². The molecule has 1 aromatic rings. The lowest BCUT2D eigenvalue weighted by Gasteiger charge is -2.23. The van der Waals surface area contributed by atoms with Crippen LogP contribution in [-0.2, 0) is 16.0 Å². The van der Waals surface area contributed by atoms with Gasteiger partial charge in [0.2, 0.25) is 0 Å². The van der Waals surface area contributed by atoms with Gasteiger partial charge in [-0.2, -0.15) is 0 Å². The number of carboxylic acids is 1. The highest BCUT2D eigenvalue weighted by atomic mass is 19.1. The predicted octanol–water partition coefficient (Wildman–Crippen LogP) is 2.74. The number of rotatable bonds is 5. The van der Waals surface area contributed by atoms with Crippen LogP contribution in [0.1, 0.15) is 32.8 Å². The molecule has 2 N–H and O–H groups in total. The van der Waals surface area contributed by atoms with Crippen LogP contribution in [0.4, 0.5) is 9.18 Å². The number of benzene rings is 1. The molecular weight excluding hydrogens is 277 g/mol. The lowest BCUT2D eigenvalue weighted by Crippen LogP contribution is -2.41. The molecule has 1 rings (SSSR count). The van der Waals surface area contributed by atoms with Gasteiger partial charge in [0, 0.05) is 6.04 Å². The highest BCUT2D eigenvalue weighted by Crippen LogP contribution is 2.12. The Labute approximate surface area is 123 Å². The lowest BCUT2D eigenvalue weighted by molar-refractivity contribution is -0.137. The molecule has 21 heavy (non-hydrogen) atoms. The third-order valence-corrected chi connectivity index (χ3v) is 2.57. The van der Waals surface area contributed by atoms with Gasteiger partial charge in [-0.25, -0.2) is 9.18 Å². The van der Waals surface area contributed by atoms with E-state index in [1.165, 1.54) is 6.07 Å². The normalized spacial score (nSPS) is 12.6. The van der Waals surface area contributed by atoms with E-state index in [9.17, 15) is 14.0 Å². The van der Waals surface area contributed by atoms with E-state index in [2.05, 4.69) is 5.32 Å². The molecule has 1 aromatic carbocycles. The van der Waals surface area contributed by atoms with Gasteiger partial charge in [0.1, 0.15) is 11.4 Å². The van der Waals surface area contributed by atoms with Crippen molar-refractivity contribution in [1.29, 1.82) is 0 Å². The van der Waals surface area contributed by atoms with Gasteiger partial charge in [-0.3, -0.25) is 4.79 Å². The molecule has 0 saturated carbocycles. The predicted molar refractivity (Wildman–Crippen MR) is 75.5 cm³/mol. The summed E-state index contributed by atoms with van der Waals surface area (Å²) in [7, 11) is 0. The monoisotopic (exact) mass is 297 g/mol. The number of hydrogen-bond acceptors (Lipinski definition) is 3. The van der Waals surface area contributed by atoms with Crippen LogP contribution in [0.2, 0.25) is 0 Å². The fourth-order valence-electron chi connectivity index (χ4n) is 1.79. The summed E-state index contributed by atoms with van der Waals surface area (Å²) in [6.45, 7) is 5.11. The molecule has 0 radical (unpaired) electrons. The van der Waals surface area contributed by atoms with Crippen LogP contribution in [0.25, 0.3) is 0 Å². The molecule has 1 atom stereocenters. The smallest absolute Gasteiger partial charge is 0.407 e. The zero-order valence-electron chi connectivity index (χ0n) is 12.4. The quantitative estimate of drug-likeness (QED) is 0.876. The Hall–Kier alpha value is -2.11. The maximum atomic E-state index is 13.6. The zero-order chi connectivity index (χ0) is 16.0. The zero-order valence-corrected chi connectivity index (χ0v) is 12.4. The van der Waals surface area contributed by atoms with Crippen molar-refractivity contribution in [3.05, 3.63) is 35.6 Å². The average Bonchev–Trinajstić information content (AvgIpc) is 2.28. The second-order valence-corrected chi connectivity index (χ2v) is 5.74. The maximum Gasteiger partial charge on any atom is 0.407 e. The summed E-state index contributed by atoms with van der Waals surface area (Å²) < 4.78 is 18.7. The fraction of sp³-hybridized carbons (Fsp3) is 0.467. The molecule has 0 aliphatic heterocycles. The lowest BCUT2D eigenvalue weighted by atomic mass is 10.0. The molecule has 5 nitrogen and oxygen atoms in total. The van der Waals surface area contributed by atoms with Crippen LogP contribution in [0.15, 0.2) is 24.3 Å². The maximum absolute atomic E-state index is 13.6. The number of hydrogen-bond donors (Lipinski definition) is 2. The number of ether oxygens (including phenoxy) is 1. The van der Waals surface area contributed by atoms with Crippen LogP contribution in [-0.4, -0.2) is 28.8 Å². The Bertz CT molecular complexity index is 511. The van der Waals surface area contributed by atoms with E-state index in [1.807, 2.05) is 0 Å². The van der Waals surface area contributed by atoms with Gasteiger partial charge in [-0.15, -0.1) is 0 Å². The molecule has 116 valence electrons. The van der Waals surface area contributed by atoms with E-state index in [0.29, 0.717) is 5.56 Å². The number of aliphatic carboxylic acids is 1. The Kier molecular flexibility index (Phi) is 5.69. The van der Waals surface area contributed by atoms with E-state index in [4.69, 9.17) is 9.84 Å². The largest absolute Gasteiger partial charge is 0.481 e. The first kappa shape index (κ1) is 16.9. The number of halogens is 1. The van der Waals surface area contributed by atoms with E-state index in [-0.39, 0.29) is 12.8 Å². The standard InChI is InChI=1S/C15H20FNO4/c1-15(2,3)21-14(20)17-11(9-13(18)19)8-10-6-4-5-7-12(10)16/h4-7,11H,8-9H2,1-3H3,(H,17,20)(H,18,19). The summed E-state index contributed by atoms with van der Waals surface area (Å²) in [5, 5.41) is 11.4. The Morgan fingerprint density at radius 1 is 1.33 bits per heavy atom. The van der Waals surface area contributed by atoms with E-state index in [0.717, 1.165) is 0 Å². The number of carboxylic acid groups (broad SMARTS) is 1. The van der Waals surface area contributed by atoms with Gasteiger partial charge in [0.15, 0.2) is 0 Å². The number of nitrogens with one attached hydrogen (secondary N) is 1. The molecule has 1 unspecified atom stereocenters. The van der Waals surface area contributed by atoms with Gasteiger partial charge in [0.05, 0.1) is 6.42 Å². The van der Waals surface area contributed by atoms with Crippen LogP contribution in [0.3, 0.4) is 0 Å². The minimum absolute atomic E-state index is 0.0816. The Morgan fingerprint density at radius 3 is 2.48 bits per heavy atom. The van der Waals surface area contributed by atoms with Gasteiger partial charge < -0.3 is 15.2 Å². The average molecular weight is 297 g/mol. The van der Waals surface area contributed by atoms with Crippen molar-refractivity contribution in [2.45, 2.75) is 45.3 Å². The van der Waals surface area contributed by atoms with Gasteiger partial charge in [0.25, 0.3) is 0 Å². The SMILES string of the molecule is CC(C)(C)OC(=O)NC(CC(=O)O)Cc1ccccc1F. The second-order valence-electron chi connectivity index (χ2n) is 5.74. The van der Waals surface area contributed by atoms with Crippen LogP contribution >= 0.6 is 0 Å². The summed E-state index contributed by atoms with van der Waals surface area (Å²) in [6, 6.07) is 5.31. The topological polar surface area (TPSA) is 75.6 Å². The number of carbonyl (C=O) groups is 2. The second kappa shape index (κ2) is 7.06. The van der Waals surface area contributed by atoms with Crippen molar-refractivity contribution >= 4 is 12.1 Å². The molecule has 0 aromatic heterocycles. The molecule has 0 spiro atoms. The van der Waals surface area contributed by atoms with E-state index < -0.39 is 29.5 Å². The minimum Gasteiger partial charge on any atom is -0.481 e. The van der Waals surface area contributed by atoms with Crippen molar-refractivity contribution in [3.63, 3.8) is 0 Å². The van der Waals surface area contributed by atoms with Crippen molar-refractivity contribution in [3.8, 4) is 0 Å². The van der Waals surface area contributed by atoms with Crippen LogP contribution < -0.4 is 5.32 Å². The molecule has 0 heterocycles. The minimum atomic E-state index is -1.08. The molecular formula is C15H20FNO4. The molecule has 0 bridgehead atoms. The molecule has 6 heteroatoms. The summed E-state index contributed by atoms with van der Waals surface area (Å²) in [5.41, 5.74) is -0.338. The highest BCUT2D eigenvalue weighted by molar-refractivity contribution is 5.71. The highest BCUT2D eigenvalue weighted by Gasteiger charge is 2.22. The first-order chi connectivity index (χ1) is 9.67. The summed E-state index contributed by atoms with van der Waals surface area (Å²) in [6.07, 6.45) is -0.948. The third kappa shape index (κ3) is 6.74. The van der Waals surface area contributed by atoms with E-state index in [1.54, 1.807) is 39.0 Å². The van der Waals surface area contributed by atoms with Crippen molar-refractivity contribution < 1.29 is 23.8 Å². The summed E-state index contributed by atoms with van der Waals surface area (Å²) in [5.74, 6) is -1.51.